The van der Waals surface area contributed by atoms with Crippen molar-refractivity contribution < 1.29 is 4.74 Å². The van der Waals surface area contributed by atoms with E-state index in [1.165, 1.54) is 0 Å². The quantitative estimate of drug-likeness (QED) is 0.801. The van der Waals surface area contributed by atoms with Gasteiger partial charge in [-0.05, 0) is 26.8 Å². The highest BCUT2D eigenvalue weighted by atomic mass is 16.5. The molecule has 1 N–H and O–H groups in total. The molecule has 18 heavy (non-hydrogen) atoms. The summed E-state index contributed by atoms with van der Waals surface area (Å²) < 4.78 is 7.53. The molecule has 1 heterocycles. The highest BCUT2D eigenvalue weighted by molar-refractivity contribution is 4.96. The Morgan fingerprint density at radius 2 is 2.11 bits per heavy atom. The van der Waals surface area contributed by atoms with E-state index in [0.717, 1.165) is 18.8 Å². The number of hydrogen-bond acceptors (Lipinski definition) is 4. The van der Waals surface area contributed by atoms with Gasteiger partial charge in [0.25, 0.3) is 0 Å². The number of methoxy groups -OCH3 is 1. The first kappa shape index (κ1) is 15.1. The molecule has 5 nitrogen and oxygen atoms in total. The zero-order chi connectivity index (χ0) is 13.8. The van der Waals surface area contributed by atoms with E-state index in [4.69, 9.17) is 4.74 Å². The normalized spacial score (nSPS) is 14.2. The third kappa shape index (κ3) is 3.78. The second kappa shape index (κ2) is 6.29. The van der Waals surface area contributed by atoms with Crippen LogP contribution in [-0.2, 0) is 17.7 Å². The molecule has 1 aromatic heterocycles. The molecule has 0 spiro atoms. The van der Waals surface area contributed by atoms with Gasteiger partial charge in [0.15, 0.2) is 0 Å². The summed E-state index contributed by atoms with van der Waals surface area (Å²) >= 11 is 0. The molecule has 0 saturated carbocycles. The van der Waals surface area contributed by atoms with Gasteiger partial charge in [0.2, 0.25) is 0 Å². The molecule has 0 fully saturated rings. The highest BCUT2D eigenvalue weighted by Crippen LogP contribution is 2.17. The molecular weight excluding hydrogens is 228 g/mol. The molecule has 0 saturated heterocycles. The van der Waals surface area contributed by atoms with Crippen molar-refractivity contribution in [3.8, 4) is 0 Å². The van der Waals surface area contributed by atoms with Crippen LogP contribution >= 0.6 is 0 Å². The Kier molecular flexibility index (Phi) is 5.28. The number of nitrogens with zero attached hydrogens (tertiary/aromatic N) is 3. The van der Waals surface area contributed by atoms with Crippen LogP contribution in [0.2, 0.25) is 0 Å². The molecule has 0 aromatic carbocycles. The summed E-state index contributed by atoms with van der Waals surface area (Å²) in [6, 6.07) is 0.206. The molecule has 0 amide bonds. The zero-order valence-corrected chi connectivity index (χ0v) is 12.4. The minimum Gasteiger partial charge on any atom is -0.377 e. The fourth-order valence-electron chi connectivity index (χ4n) is 1.96. The summed E-state index contributed by atoms with van der Waals surface area (Å²) in [5.74, 6) is 1.57. The van der Waals surface area contributed by atoms with Gasteiger partial charge in [-0.2, -0.15) is 5.10 Å². The van der Waals surface area contributed by atoms with E-state index in [1.54, 1.807) is 13.4 Å². The predicted molar refractivity (Wildman–Crippen MR) is 72.5 cm³/mol. The van der Waals surface area contributed by atoms with Crippen molar-refractivity contribution in [3.05, 3.63) is 12.2 Å². The van der Waals surface area contributed by atoms with Crippen LogP contribution in [0.25, 0.3) is 0 Å². The van der Waals surface area contributed by atoms with Crippen molar-refractivity contribution in [3.63, 3.8) is 0 Å². The Labute approximate surface area is 110 Å². The lowest BCUT2D eigenvalue weighted by atomic mass is 9.95. The average molecular weight is 254 g/mol. The van der Waals surface area contributed by atoms with E-state index >= 15 is 0 Å². The zero-order valence-electron chi connectivity index (χ0n) is 12.4. The highest BCUT2D eigenvalue weighted by Gasteiger charge is 2.29. The van der Waals surface area contributed by atoms with Crippen LogP contribution in [0.4, 0.5) is 0 Å². The van der Waals surface area contributed by atoms with E-state index in [2.05, 4.69) is 43.1 Å². The van der Waals surface area contributed by atoms with E-state index in [9.17, 15) is 0 Å². The molecule has 1 unspecified atom stereocenters. The van der Waals surface area contributed by atoms with Gasteiger partial charge in [-0.25, -0.2) is 9.67 Å². The minimum absolute atomic E-state index is 0.206. The van der Waals surface area contributed by atoms with Crippen LogP contribution in [0.15, 0.2) is 6.33 Å². The SMILES string of the molecule is CNC(Cc1ncnn1CC(C)C)C(C)(C)OC. The lowest BCUT2D eigenvalue weighted by molar-refractivity contribution is -0.00875. The Hall–Kier alpha value is -0.940. The Balaban J connectivity index is 2.79. The summed E-state index contributed by atoms with van der Waals surface area (Å²) in [6.45, 7) is 9.42. The average Bonchev–Trinajstić information content (AvgIpc) is 2.72. The van der Waals surface area contributed by atoms with Crippen molar-refractivity contribution in [2.45, 2.75) is 52.3 Å². The Bertz CT molecular complexity index is 360. The van der Waals surface area contributed by atoms with Crippen molar-refractivity contribution in [1.29, 1.82) is 0 Å². The van der Waals surface area contributed by atoms with Crippen molar-refractivity contribution in [1.82, 2.24) is 20.1 Å². The van der Waals surface area contributed by atoms with E-state index < -0.39 is 0 Å². The maximum absolute atomic E-state index is 5.54. The third-order valence-electron chi connectivity index (χ3n) is 3.33. The van der Waals surface area contributed by atoms with Crippen molar-refractivity contribution >= 4 is 0 Å². The topological polar surface area (TPSA) is 52.0 Å². The van der Waals surface area contributed by atoms with Gasteiger partial charge in [-0.15, -0.1) is 0 Å². The van der Waals surface area contributed by atoms with E-state index in [1.807, 2.05) is 11.7 Å². The molecule has 5 heteroatoms. The maximum Gasteiger partial charge on any atom is 0.138 e. The molecule has 1 aromatic rings. The first-order valence-electron chi connectivity index (χ1n) is 6.49. The van der Waals surface area contributed by atoms with Crippen LogP contribution in [0.3, 0.4) is 0 Å². The van der Waals surface area contributed by atoms with Crippen LogP contribution in [0.5, 0.6) is 0 Å². The second-order valence-electron chi connectivity index (χ2n) is 5.61. The Morgan fingerprint density at radius 1 is 1.44 bits per heavy atom. The number of hydrogen-bond donors (Lipinski definition) is 1. The number of rotatable bonds is 7. The Morgan fingerprint density at radius 3 is 2.61 bits per heavy atom. The number of aromatic nitrogens is 3. The lowest BCUT2D eigenvalue weighted by Gasteiger charge is -2.32. The first-order chi connectivity index (χ1) is 8.40. The molecule has 0 aliphatic heterocycles. The largest absolute Gasteiger partial charge is 0.377 e. The smallest absolute Gasteiger partial charge is 0.138 e. The molecule has 1 rings (SSSR count). The third-order valence-corrected chi connectivity index (χ3v) is 3.33. The standard InChI is InChI=1S/C13H26N4O/c1-10(2)8-17-12(15-9-16-17)7-11(14-5)13(3,4)18-6/h9-11,14H,7-8H2,1-6H3. The fourth-order valence-corrected chi connectivity index (χ4v) is 1.96. The van der Waals surface area contributed by atoms with E-state index in [-0.39, 0.29) is 11.6 Å². The molecule has 0 radical (unpaired) electrons. The van der Waals surface area contributed by atoms with E-state index in [0.29, 0.717) is 5.92 Å². The molecule has 0 bridgehead atoms. The van der Waals surface area contributed by atoms with Crippen LogP contribution in [0.1, 0.15) is 33.5 Å². The summed E-state index contributed by atoms with van der Waals surface area (Å²) in [6.07, 6.45) is 2.44. The van der Waals surface area contributed by atoms with Crippen molar-refractivity contribution in [2.75, 3.05) is 14.2 Å². The van der Waals surface area contributed by atoms with Gasteiger partial charge in [0.05, 0.1) is 5.60 Å². The number of ether oxygens (including phenoxy) is 1. The van der Waals surface area contributed by atoms with Gasteiger partial charge in [0, 0.05) is 26.1 Å². The summed E-state index contributed by atoms with van der Waals surface area (Å²) in [5, 5.41) is 7.59. The first-order valence-corrected chi connectivity index (χ1v) is 6.49. The van der Waals surface area contributed by atoms with Crippen LogP contribution in [0, 0.1) is 5.92 Å². The monoisotopic (exact) mass is 254 g/mol. The number of nitrogens with one attached hydrogen (secondary N) is 1. The minimum atomic E-state index is -0.233. The van der Waals surface area contributed by atoms with Crippen molar-refractivity contribution in [2.24, 2.45) is 5.92 Å². The van der Waals surface area contributed by atoms with Crippen LogP contribution in [-0.4, -0.2) is 40.6 Å². The van der Waals surface area contributed by atoms with Gasteiger partial charge in [-0.3, -0.25) is 0 Å². The summed E-state index contributed by atoms with van der Waals surface area (Å²) in [5.41, 5.74) is -0.233. The fraction of sp³-hybridized carbons (Fsp3) is 0.846. The van der Waals surface area contributed by atoms with Gasteiger partial charge >= 0.3 is 0 Å². The summed E-state index contributed by atoms with van der Waals surface area (Å²) in [7, 11) is 3.69. The van der Waals surface area contributed by atoms with Crippen LogP contribution < -0.4 is 5.32 Å². The molecule has 1 atom stereocenters. The second-order valence-corrected chi connectivity index (χ2v) is 5.61. The van der Waals surface area contributed by atoms with Gasteiger partial charge in [0.1, 0.15) is 12.2 Å². The lowest BCUT2D eigenvalue weighted by Crippen LogP contribution is -2.48. The molecular formula is C13H26N4O. The number of likely N-dealkylation sites (N-methyl/N-ethyl adjacent to an activating group) is 1. The van der Waals surface area contributed by atoms with Gasteiger partial charge < -0.3 is 10.1 Å². The molecule has 0 aliphatic carbocycles. The molecule has 104 valence electrons. The predicted octanol–water partition coefficient (Wildman–Crippen LogP) is 1.49. The summed E-state index contributed by atoms with van der Waals surface area (Å²) in [4.78, 5) is 4.36. The maximum atomic E-state index is 5.54. The molecule has 0 aliphatic rings. The van der Waals surface area contributed by atoms with Gasteiger partial charge in [-0.1, -0.05) is 13.8 Å².